The van der Waals surface area contributed by atoms with Crippen LogP contribution in [-0.4, -0.2) is 0 Å². The van der Waals surface area contributed by atoms with Crippen molar-refractivity contribution in [3.8, 4) is 0 Å². The summed E-state index contributed by atoms with van der Waals surface area (Å²) in [5.41, 5.74) is 0. The maximum Gasteiger partial charge on any atom is 0.197 e. The molecule has 0 heterocycles. The van der Waals surface area contributed by atoms with Crippen LogP contribution in [0, 0.1) is 23.3 Å². The van der Waals surface area contributed by atoms with Gasteiger partial charge >= 0.3 is 0 Å². The quantitative estimate of drug-likeness (QED) is 0.326. The Hall–Kier alpha value is -1.06. The van der Waals surface area contributed by atoms with Crippen LogP contribution in [0.1, 0.15) is 13.8 Å². The second-order valence-corrected chi connectivity index (χ2v) is 1.66. The molecule has 0 atom stereocenters. The number of halogens is 4. The monoisotopic (exact) mass is 180 g/mol. The molecule has 4 heteroatoms. The van der Waals surface area contributed by atoms with Crippen molar-refractivity contribution in [1.29, 1.82) is 0 Å². The van der Waals surface area contributed by atoms with Gasteiger partial charge in [0.25, 0.3) is 0 Å². The van der Waals surface area contributed by atoms with Gasteiger partial charge in [-0.15, -0.1) is 0 Å². The van der Waals surface area contributed by atoms with E-state index in [1.54, 1.807) is 0 Å². The molecule has 0 N–H and O–H groups in total. The SMILES string of the molecule is CC.Fc1ccc(F)c(F)c1F. The van der Waals surface area contributed by atoms with Gasteiger partial charge in [0, 0.05) is 0 Å². The minimum atomic E-state index is -1.78. The first kappa shape index (κ1) is 10.9. The summed E-state index contributed by atoms with van der Waals surface area (Å²) in [6.45, 7) is 4.00. The zero-order valence-electron chi connectivity index (χ0n) is 6.67. The van der Waals surface area contributed by atoms with E-state index >= 15 is 0 Å². The molecule has 0 aromatic heterocycles. The molecule has 0 bridgehead atoms. The average Bonchev–Trinajstić information content (AvgIpc) is 2.12. The van der Waals surface area contributed by atoms with Crippen molar-refractivity contribution in [3.05, 3.63) is 35.4 Å². The number of rotatable bonds is 0. The third-order valence-electron chi connectivity index (χ3n) is 0.988. The van der Waals surface area contributed by atoms with E-state index < -0.39 is 23.3 Å². The maximum atomic E-state index is 12.0. The lowest BCUT2D eigenvalue weighted by molar-refractivity contribution is 0.409. The Morgan fingerprint density at radius 2 is 1.00 bits per heavy atom. The molecule has 0 unspecified atom stereocenters. The minimum absolute atomic E-state index is 0.522. The van der Waals surface area contributed by atoms with Crippen molar-refractivity contribution >= 4 is 0 Å². The molecular formula is C8H8F4. The Morgan fingerprint density at radius 1 is 0.750 bits per heavy atom. The van der Waals surface area contributed by atoms with Crippen molar-refractivity contribution in [2.45, 2.75) is 13.8 Å². The molecule has 0 saturated heterocycles. The molecule has 0 saturated carbocycles. The Kier molecular flexibility index (Phi) is 4.33. The van der Waals surface area contributed by atoms with Gasteiger partial charge in [0.15, 0.2) is 23.3 Å². The van der Waals surface area contributed by atoms with Gasteiger partial charge in [-0.25, -0.2) is 17.6 Å². The minimum Gasteiger partial charge on any atom is -0.204 e. The molecule has 0 spiro atoms. The highest BCUT2D eigenvalue weighted by molar-refractivity contribution is 5.10. The van der Waals surface area contributed by atoms with E-state index in [0.717, 1.165) is 0 Å². The number of hydrogen-bond donors (Lipinski definition) is 0. The van der Waals surface area contributed by atoms with Crippen molar-refractivity contribution < 1.29 is 17.6 Å². The third-order valence-corrected chi connectivity index (χ3v) is 0.988. The lowest BCUT2D eigenvalue weighted by Gasteiger charge is -1.93. The molecule has 0 aliphatic carbocycles. The van der Waals surface area contributed by atoms with Crippen LogP contribution in [0.25, 0.3) is 0 Å². The van der Waals surface area contributed by atoms with Gasteiger partial charge in [0.1, 0.15) is 0 Å². The van der Waals surface area contributed by atoms with Gasteiger partial charge in [-0.2, -0.15) is 0 Å². The third kappa shape index (κ3) is 2.22. The molecule has 1 rings (SSSR count). The fourth-order valence-electron chi connectivity index (χ4n) is 0.502. The van der Waals surface area contributed by atoms with Gasteiger partial charge in [-0.3, -0.25) is 0 Å². The van der Waals surface area contributed by atoms with Crippen LogP contribution in [0.5, 0.6) is 0 Å². The predicted molar refractivity (Wildman–Crippen MR) is 37.6 cm³/mol. The molecule has 0 fully saturated rings. The van der Waals surface area contributed by atoms with E-state index in [-0.39, 0.29) is 0 Å². The molecule has 0 aliphatic rings. The summed E-state index contributed by atoms with van der Waals surface area (Å²) >= 11 is 0. The van der Waals surface area contributed by atoms with Crippen molar-refractivity contribution in [3.63, 3.8) is 0 Å². The van der Waals surface area contributed by atoms with Crippen LogP contribution in [0.4, 0.5) is 17.6 Å². The van der Waals surface area contributed by atoms with E-state index in [2.05, 4.69) is 0 Å². The normalized spacial score (nSPS) is 8.83. The summed E-state index contributed by atoms with van der Waals surface area (Å²) in [6, 6.07) is 1.04. The van der Waals surface area contributed by atoms with Gasteiger partial charge < -0.3 is 0 Å². The van der Waals surface area contributed by atoms with Crippen LogP contribution in [0.15, 0.2) is 12.1 Å². The van der Waals surface area contributed by atoms with Crippen LogP contribution in [0.2, 0.25) is 0 Å². The Labute approximate surface area is 67.8 Å². The van der Waals surface area contributed by atoms with Crippen molar-refractivity contribution in [2.75, 3.05) is 0 Å². The summed E-state index contributed by atoms with van der Waals surface area (Å²) < 4.78 is 48.0. The highest BCUT2D eigenvalue weighted by Gasteiger charge is 2.11. The van der Waals surface area contributed by atoms with Crippen LogP contribution in [0.3, 0.4) is 0 Å². The van der Waals surface area contributed by atoms with Gasteiger partial charge in [-0.05, 0) is 12.1 Å². The molecule has 1 aromatic carbocycles. The van der Waals surface area contributed by atoms with Crippen LogP contribution in [-0.2, 0) is 0 Å². The molecule has 68 valence electrons. The van der Waals surface area contributed by atoms with Crippen LogP contribution < -0.4 is 0 Å². The molecule has 1 aromatic rings. The lowest BCUT2D eigenvalue weighted by Crippen LogP contribution is -1.93. The first-order valence-corrected chi connectivity index (χ1v) is 3.42. The maximum absolute atomic E-state index is 12.0. The van der Waals surface area contributed by atoms with Gasteiger partial charge in [-0.1, -0.05) is 13.8 Å². The summed E-state index contributed by atoms with van der Waals surface area (Å²) in [5, 5.41) is 0. The highest BCUT2D eigenvalue weighted by atomic mass is 19.2. The fraction of sp³-hybridized carbons (Fsp3) is 0.250. The predicted octanol–water partition coefficient (Wildman–Crippen LogP) is 3.27. The van der Waals surface area contributed by atoms with E-state index in [4.69, 9.17) is 0 Å². The Morgan fingerprint density at radius 3 is 1.25 bits per heavy atom. The second-order valence-electron chi connectivity index (χ2n) is 1.66. The van der Waals surface area contributed by atoms with E-state index in [1.807, 2.05) is 13.8 Å². The largest absolute Gasteiger partial charge is 0.204 e. The smallest absolute Gasteiger partial charge is 0.197 e. The van der Waals surface area contributed by atoms with E-state index in [0.29, 0.717) is 12.1 Å². The van der Waals surface area contributed by atoms with Gasteiger partial charge in [0.05, 0.1) is 0 Å². The fourth-order valence-corrected chi connectivity index (χ4v) is 0.502. The zero-order chi connectivity index (χ0) is 9.72. The Balaban J connectivity index is 0.000000561. The molecule has 12 heavy (non-hydrogen) atoms. The molecular weight excluding hydrogens is 172 g/mol. The summed E-state index contributed by atoms with van der Waals surface area (Å²) in [7, 11) is 0. The van der Waals surface area contributed by atoms with Crippen molar-refractivity contribution in [2.24, 2.45) is 0 Å². The van der Waals surface area contributed by atoms with E-state index in [1.165, 1.54) is 0 Å². The second kappa shape index (κ2) is 4.74. The Bertz CT molecular complexity index is 230. The molecule has 0 aliphatic heterocycles. The summed E-state index contributed by atoms with van der Waals surface area (Å²) in [4.78, 5) is 0. The standard InChI is InChI=1S/C6H2F4.C2H6/c7-3-1-2-4(8)6(10)5(3)9;1-2/h1-2H;1-2H3. The summed E-state index contributed by atoms with van der Waals surface area (Å²) in [5.74, 6) is -6.34. The number of hydrogen-bond acceptors (Lipinski definition) is 0. The lowest BCUT2D eigenvalue weighted by atomic mass is 10.3. The van der Waals surface area contributed by atoms with Crippen LogP contribution >= 0.6 is 0 Å². The number of benzene rings is 1. The first-order chi connectivity index (χ1) is 5.63. The van der Waals surface area contributed by atoms with Gasteiger partial charge in [0.2, 0.25) is 0 Å². The highest BCUT2D eigenvalue weighted by Crippen LogP contribution is 2.12. The zero-order valence-corrected chi connectivity index (χ0v) is 6.67. The average molecular weight is 180 g/mol. The molecule has 0 nitrogen and oxygen atoms in total. The summed E-state index contributed by atoms with van der Waals surface area (Å²) in [6.07, 6.45) is 0. The first-order valence-electron chi connectivity index (χ1n) is 3.42. The van der Waals surface area contributed by atoms with E-state index in [9.17, 15) is 17.6 Å². The topological polar surface area (TPSA) is 0 Å². The van der Waals surface area contributed by atoms with Crippen molar-refractivity contribution in [1.82, 2.24) is 0 Å². The molecule has 0 amide bonds. The molecule has 0 radical (unpaired) electrons.